The molecule has 60 valence electrons. The fraction of sp³-hybridized carbons (Fsp3) is 0.714. The number of piperidine rings is 1. The largest absolute Gasteiger partial charge is 0.481 e. The van der Waals surface area contributed by atoms with Crippen molar-refractivity contribution >= 4 is 5.97 Å². The lowest BCUT2D eigenvalue weighted by atomic mass is 9.88. The van der Waals surface area contributed by atoms with Crippen LogP contribution >= 0.6 is 0 Å². The molecule has 0 aromatic heterocycles. The molecule has 0 aromatic carbocycles. The molecule has 0 spiro atoms. The van der Waals surface area contributed by atoms with E-state index in [4.69, 9.17) is 10.4 Å². The number of rotatable bonds is 1. The summed E-state index contributed by atoms with van der Waals surface area (Å²) in [6.45, 7) is 1.21. The summed E-state index contributed by atoms with van der Waals surface area (Å²) >= 11 is 0. The monoisotopic (exact) mass is 154 g/mol. The van der Waals surface area contributed by atoms with Gasteiger partial charge in [-0.25, -0.2) is 0 Å². The Hall–Kier alpha value is -1.08. The summed E-state index contributed by atoms with van der Waals surface area (Å²) < 4.78 is 0. The third-order valence-corrected chi connectivity index (χ3v) is 1.97. The SMILES string of the molecule is N#C[C@@H]1CNCC[C@H]1C(=O)O. The second-order valence-electron chi connectivity index (χ2n) is 2.67. The highest BCUT2D eigenvalue weighted by molar-refractivity contribution is 5.71. The third kappa shape index (κ3) is 1.69. The Morgan fingerprint density at radius 1 is 1.73 bits per heavy atom. The van der Waals surface area contributed by atoms with Gasteiger partial charge in [0, 0.05) is 6.54 Å². The van der Waals surface area contributed by atoms with Crippen molar-refractivity contribution in [1.82, 2.24) is 5.32 Å². The normalized spacial score (nSPS) is 30.8. The van der Waals surface area contributed by atoms with Gasteiger partial charge >= 0.3 is 5.97 Å². The number of carbonyl (C=O) groups is 1. The van der Waals surface area contributed by atoms with Crippen molar-refractivity contribution in [1.29, 1.82) is 5.26 Å². The summed E-state index contributed by atoms with van der Waals surface area (Å²) in [6.07, 6.45) is 0.563. The van der Waals surface area contributed by atoms with Crippen LogP contribution in [0.2, 0.25) is 0 Å². The van der Waals surface area contributed by atoms with Crippen LogP contribution in [0.4, 0.5) is 0 Å². The van der Waals surface area contributed by atoms with Gasteiger partial charge in [-0.2, -0.15) is 5.26 Å². The lowest BCUT2D eigenvalue weighted by Gasteiger charge is -2.23. The van der Waals surface area contributed by atoms with Gasteiger partial charge in [-0.3, -0.25) is 4.79 Å². The van der Waals surface area contributed by atoms with Crippen molar-refractivity contribution in [3.8, 4) is 6.07 Å². The molecule has 0 saturated carbocycles. The highest BCUT2D eigenvalue weighted by Crippen LogP contribution is 2.18. The van der Waals surface area contributed by atoms with Gasteiger partial charge < -0.3 is 10.4 Å². The molecule has 11 heavy (non-hydrogen) atoms. The van der Waals surface area contributed by atoms with Crippen LogP contribution in [-0.4, -0.2) is 24.2 Å². The molecule has 1 fully saturated rings. The van der Waals surface area contributed by atoms with Crippen molar-refractivity contribution in [3.63, 3.8) is 0 Å². The second kappa shape index (κ2) is 3.35. The number of aliphatic carboxylic acids is 1. The Morgan fingerprint density at radius 2 is 2.45 bits per heavy atom. The molecule has 0 aliphatic carbocycles. The molecule has 1 heterocycles. The number of carboxylic acids is 1. The number of hydrogen-bond donors (Lipinski definition) is 2. The fourth-order valence-corrected chi connectivity index (χ4v) is 1.29. The van der Waals surface area contributed by atoms with E-state index in [1.165, 1.54) is 0 Å². The third-order valence-electron chi connectivity index (χ3n) is 1.97. The molecule has 4 nitrogen and oxygen atoms in total. The van der Waals surface area contributed by atoms with E-state index in [0.29, 0.717) is 19.5 Å². The first-order valence-corrected chi connectivity index (χ1v) is 3.59. The van der Waals surface area contributed by atoms with Crippen molar-refractivity contribution < 1.29 is 9.90 Å². The Morgan fingerprint density at radius 3 is 2.91 bits per heavy atom. The van der Waals surface area contributed by atoms with Crippen LogP contribution in [0.15, 0.2) is 0 Å². The van der Waals surface area contributed by atoms with Crippen LogP contribution in [0, 0.1) is 23.2 Å². The number of nitrogens with zero attached hydrogens (tertiary/aromatic N) is 1. The summed E-state index contributed by atoms with van der Waals surface area (Å²) in [5.41, 5.74) is 0. The van der Waals surface area contributed by atoms with Gasteiger partial charge in [0.15, 0.2) is 0 Å². The van der Waals surface area contributed by atoms with Crippen molar-refractivity contribution in [2.45, 2.75) is 6.42 Å². The predicted octanol–water partition coefficient (Wildman–Crippen LogP) is -0.180. The smallest absolute Gasteiger partial charge is 0.307 e. The molecule has 2 N–H and O–H groups in total. The molecule has 0 radical (unpaired) electrons. The first kappa shape index (κ1) is 8.02. The van der Waals surface area contributed by atoms with E-state index < -0.39 is 11.9 Å². The van der Waals surface area contributed by atoms with E-state index >= 15 is 0 Å². The minimum atomic E-state index is -0.849. The molecule has 1 saturated heterocycles. The Kier molecular flexibility index (Phi) is 2.44. The highest BCUT2D eigenvalue weighted by atomic mass is 16.4. The second-order valence-corrected chi connectivity index (χ2v) is 2.67. The van der Waals surface area contributed by atoms with Crippen LogP contribution in [-0.2, 0) is 4.79 Å². The molecule has 1 aliphatic heterocycles. The maximum absolute atomic E-state index is 10.5. The summed E-state index contributed by atoms with van der Waals surface area (Å²) in [6, 6.07) is 1.99. The first-order valence-electron chi connectivity index (χ1n) is 3.59. The Bertz CT molecular complexity index is 197. The average Bonchev–Trinajstić information content (AvgIpc) is 2.04. The number of nitrogens with one attached hydrogen (secondary N) is 1. The van der Waals surface area contributed by atoms with E-state index in [1.54, 1.807) is 0 Å². The molecular weight excluding hydrogens is 144 g/mol. The lowest BCUT2D eigenvalue weighted by molar-refractivity contribution is -0.143. The zero-order valence-electron chi connectivity index (χ0n) is 6.08. The summed E-state index contributed by atoms with van der Waals surface area (Å²) in [5, 5.41) is 20.2. The van der Waals surface area contributed by atoms with Crippen LogP contribution in [0.1, 0.15) is 6.42 Å². The summed E-state index contributed by atoms with van der Waals surface area (Å²) in [5.74, 6) is -1.68. The van der Waals surface area contributed by atoms with E-state index in [9.17, 15) is 4.79 Å². The lowest BCUT2D eigenvalue weighted by Crippen LogP contribution is -2.39. The molecule has 1 rings (SSSR count). The maximum atomic E-state index is 10.5. The van der Waals surface area contributed by atoms with Gasteiger partial charge in [0.1, 0.15) is 0 Å². The van der Waals surface area contributed by atoms with Gasteiger partial charge in [0.25, 0.3) is 0 Å². The fourth-order valence-electron chi connectivity index (χ4n) is 1.29. The number of hydrogen-bond acceptors (Lipinski definition) is 3. The van der Waals surface area contributed by atoms with Crippen LogP contribution < -0.4 is 5.32 Å². The zero-order chi connectivity index (χ0) is 8.27. The van der Waals surface area contributed by atoms with Gasteiger partial charge in [-0.1, -0.05) is 0 Å². The van der Waals surface area contributed by atoms with Gasteiger partial charge in [-0.05, 0) is 13.0 Å². The van der Waals surface area contributed by atoms with Gasteiger partial charge in [0.05, 0.1) is 17.9 Å². The Labute approximate surface area is 64.8 Å². The zero-order valence-corrected chi connectivity index (χ0v) is 6.08. The molecular formula is C7H10N2O2. The van der Waals surface area contributed by atoms with Gasteiger partial charge in [0.2, 0.25) is 0 Å². The van der Waals surface area contributed by atoms with Crippen molar-refractivity contribution in [3.05, 3.63) is 0 Å². The Balaban J connectivity index is 2.60. The minimum Gasteiger partial charge on any atom is -0.481 e. The number of carboxylic acid groups (broad SMARTS) is 1. The molecule has 4 heteroatoms. The first-order chi connectivity index (χ1) is 5.25. The van der Waals surface area contributed by atoms with Gasteiger partial charge in [-0.15, -0.1) is 0 Å². The molecule has 2 atom stereocenters. The molecule has 0 bridgehead atoms. The van der Waals surface area contributed by atoms with Crippen LogP contribution in [0.3, 0.4) is 0 Å². The van der Waals surface area contributed by atoms with Crippen LogP contribution in [0.25, 0.3) is 0 Å². The molecule has 0 aromatic rings. The minimum absolute atomic E-state index is 0.360. The van der Waals surface area contributed by atoms with E-state index in [1.807, 2.05) is 6.07 Å². The maximum Gasteiger partial charge on any atom is 0.307 e. The summed E-state index contributed by atoms with van der Waals surface area (Å²) in [4.78, 5) is 10.5. The summed E-state index contributed by atoms with van der Waals surface area (Å²) in [7, 11) is 0. The predicted molar refractivity (Wildman–Crippen MR) is 37.7 cm³/mol. The standard InChI is InChI=1S/C7H10N2O2/c8-3-5-4-9-2-1-6(5)7(10)11/h5-6,9H,1-2,4H2,(H,10,11)/t5-,6-/m1/s1. The van der Waals surface area contributed by atoms with E-state index in [0.717, 1.165) is 0 Å². The van der Waals surface area contributed by atoms with E-state index in [2.05, 4.69) is 5.32 Å². The van der Waals surface area contributed by atoms with E-state index in [-0.39, 0.29) is 5.92 Å². The van der Waals surface area contributed by atoms with Crippen LogP contribution in [0.5, 0.6) is 0 Å². The molecule has 0 amide bonds. The van der Waals surface area contributed by atoms with Crippen molar-refractivity contribution in [2.24, 2.45) is 11.8 Å². The van der Waals surface area contributed by atoms with Crippen molar-refractivity contribution in [2.75, 3.05) is 13.1 Å². The molecule has 1 aliphatic rings. The highest BCUT2D eigenvalue weighted by Gasteiger charge is 2.30. The topological polar surface area (TPSA) is 73.1 Å². The number of nitriles is 1. The average molecular weight is 154 g/mol. The molecule has 0 unspecified atom stereocenters. The quantitative estimate of drug-likeness (QED) is 0.549.